The van der Waals surface area contributed by atoms with E-state index in [4.69, 9.17) is 0 Å². The molecule has 4 aromatic rings. The standard InChI is InChI=1S/C26H30N4O/c31-22(19-29-17-15-28(16-18-29)14-12-21-7-5-6-13-27-21)20-30-25-10-3-1-8-23(25)24-9-2-4-11-26(24)30/h1-11,13,22,31H,12,14-20H2. The van der Waals surface area contributed by atoms with Crippen molar-refractivity contribution < 1.29 is 5.11 Å². The fourth-order valence-corrected chi connectivity index (χ4v) is 4.78. The third-order valence-corrected chi connectivity index (χ3v) is 6.42. The molecule has 0 amide bonds. The molecule has 0 saturated carbocycles. The van der Waals surface area contributed by atoms with Crippen molar-refractivity contribution in [2.75, 3.05) is 39.3 Å². The fourth-order valence-electron chi connectivity index (χ4n) is 4.78. The van der Waals surface area contributed by atoms with Crippen LogP contribution in [0.5, 0.6) is 0 Å². The number of benzene rings is 2. The molecule has 1 fully saturated rings. The van der Waals surface area contributed by atoms with Crippen molar-refractivity contribution in [2.45, 2.75) is 19.1 Å². The number of nitrogens with zero attached hydrogens (tertiary/aromatic N) is 4. The number of fused-ring (bicyclic) bond motifs is 3. The topological polar surface area (TPSA) is 44.5 Å². The van der Waals surface area contributed by atoms with Crippen molar-refractivity contribution in [3.8, 4) is 0 Å². The van der Waals surface area contributed by atoms with Gasteiger partial charge in [0.05, 0.1) is 12.6 Å². The van der Waals surface area contributed by atoms with E-state index in [0.29, 0.717) is 6.54 Å². The minimum absolute atomic E-state index is 0.390. The summed E-state index contributed by atoms with van der Waals surface area (Å²) in [7, 11) is 0. The van der Waals surface area contributed by atoms with Crippen LogP contribution in [0.4, 0.5) is 0 Å². The van der Waals surface area contributed by atoms with Crippen LogP contribution in [-0.4, -0.2) is 69.8 Å². The SMILES string of the molecule is OC(CN1CCN(CCc2ccccn2)CC1)Cn1c2ccccc2c2ccccc21. The van der Waals surface area contributed by atoms with Gasteiger partial charge in [0.15, 0.2) is 0 Å². The minimum Gasteiger partial charge on any atom is -0.390 e. The van der Waals surface area contributed by atoms with Crippen molar-refractivity contribution >= 4 is 21.8 Å². The summed E-state index contributed by atoms with van der Waals surface area (Å²) in [5, 5.41) is 13.4. The van der Waals surface area contributed by atoms with Crippen LogP contribution in [0.3, 0.4) is 0 Å². The molecule has 0 bridgehead atoms. The lowest BCUT2D eigenvalue weighted by Crippen LogP contribution is -2.49. The average molecular weight is 415 g/mol. The van der Waals surface area contributed by atoms with E-state index < -0.39 is 0 Å². The van der Waals surface area contributed by atoms with Crippen LogP contribution >= 0.6 is 0 Å². The second-order valence-electron chi connectivity index (χ2n) is 8.51. The molecular formula is C26H30N4O. The summed E-state index contributed by atoms with van der Waals surface area (Å²) in [5.41, 5.74) is 3.55. The molecule has 1 N–H and O–H groups in total. The maximum Gasteiger partial charge on any atom is 0.0845 e. The predicted molar refractivity (Wildman–Crippen MR) is 126 cm³/mol. The smallest absolute Gasteiger partial charge is 0.0845 e. The van der Waals surface area contributed by atoms with Gasteiger partial charge in [-0.25, -0.2) is 0 Å². The van der Waals surface area contributed by atoms with Crippen LogP contribution in [0, 0.1) is 0 Å². The van der Waals surface area contributed by atoms with E-state index >= 15 is 0 Å². The number of para-hydroxylation sites is 2. The van der Waals surface area contributed by atoms with Crippen LogP contribution in [0.2, 0.25) is 0 Å². The van der Waals surface area contributed by atoms with Crippen LogP contribution in [-0.2, 0) is 13.0 Å². The molecule has 1 aliphatic rings. The Hall–Kier alpha value is -2.73. The van der Waals surface area contributed by atoms with Gasteiger partial charge in [-0.15, -0.1) is 0 Å². The van der Waals surface area contributed by atoms with Gasteiger partial charge >= 0.3 is 0 Å². The molecule has 0 radical (unpaired) electrons. The van der Waals surface area contributed by atoms with Crippen molar-refractivity contribution in [3.63, 3.8) is 0 Å². The van der Waals surface area contributed by atoms with Gasteiger partial charge in [0.25, 0.3) is 0 Å². The van der Waals surface area contributed by atoms with Crippen LogP contribution in [0.1, 0.15) is 5.69 Å². The molecule has 0 aliphatic carbocycles. The lowest BCUT2D eigenvalue weighted by molar-refractivity contribution is 0.0658. The van der Waals surface area contributed by atoms with Crippen molar-refractivity contribution in [1.82, 2.24) is 19.4 Å². The Balaban J connectivity index is 1.18. The number of aliphatic hydroxyl groups excluding tert-OH is 1. The number of β-amino-alcohol motifs (C(OH)–C–C–N with tert-alkyl or cyclic N) is 1. The molecule has 5 nitrogen and oxygen atoms in total. The van der Waals surface area contributed by atoms with Crippen molar-refractivity contribution in [3.05, 3.63) is 78.6 Å². The molecule has 2 aromatic heterocycles. The van der Waals surface area contributed by atoms with E-state index in [1.165, 1.54) is 21.8 Å². The third-order valence-electron chi connectivity index (χ3n) is 6.42. The van der Waals surface area contributed by atoms with Crippen molar-refractivity contribution in [1.29, 1.82) is 0 Å². The molecule has 5 heteroatoms. The number of pyridine rings is 1. The highest BCUT2D eigenvalue weighted by molar-refractivity contribution is 6.07. The molecule has 0 spiro atoms. The minimum atomic E-state index is -0.390. The average Bonchev–Trinajstić information content (AvgIpc) is 3.13. The molecule has 1 atom stereocenters. The Morgan fingerprint density at radius 1 is 0.742 bits per heavy atom. The van der Waals surface area contributed by atoms with Crippen LogP contribution in [0.25, 0.3) is 21.8 Å². The van der Waals surface area contributed by atoms with Gasteiger partial charge < -0.3 is 14.6 Å². The lowest BCUT2D eigenvalue weighted by Gasteiger charge is -2.35. The van der Waals surface area contributed by atoms with Gasteiger partial charge in [0.1, 0.15) is 0 Å². The number of hydrogen-bond donors (Lipinski definition) is 1. The maximum atomic E-state index is 10.9. The van der Waals surface area contributed by atoms with E-state index in [1.807, 2.05) is 12.3 Å². The summed E-state index contributed by atoms with van der Waals surface area (Å²) >= 11 is 0. The van der Waals surface area contributed by atoms with Crippen LogP contribution < -0.4 is 0 Å². The number of aliphatic hydroxyl groups is 1. The monoisotopic (exact) mass is 414 g/mol. The van der Waals surface area contributed by atoms with Gasteiger partial charge in [-0.2, -0.15) is 0 Å². The second kappa shape index (κ2) is 9.18. The van der Waals surface area contributed by atoms with E-state index in [1.54, 1.807) is 0 Å². The first-order valence-corrected chi connectivity index (χ1v) is 11.3. The zero-order valence-corrected chi connectivity index (χ0v) is 17.9. The highest BCUT2D eigenvalue weighted by Gasteiger charge is 2.20. The van der Waals surface area contributed by atoms with Crippen molar-refractivity contribution in [2.24, 2.45) is 0 Å². The van der Waals surface area contributed by atoms with Gasteiger partial charge in [0.2, 0.25) is 0 Å². The lowest BCUT2D eigenvalue weighted by atomic mass is 10.2. The summed E-state index contributed by atoms with van der Waals surface area (Å²) < 4.78 is 2.28. The number of rotatable bonds is 7. The number of hydrogen-bond acceptors (Lipinski definition) is 4. The normalized spacial score (nSPS) is 16.8. The maximum absolute atomic E-state index is 10.9. The highest BCUT2D eigenvalue weighted by Crippen LogP contribution is 2.28. The zero-order chi connectivity index (χ0) is 21.0. The molecule has 2 aromatic carbocycles. The predicted octanol–water partition coefficient (Wildman–Crippen LogP) is 3.41. The molecule has 3 heterocycles. The summed E-state index contributed by atoms with van der Waals surface area (Å²) in [6, 6.07) is 23.1. The van der Waals surface area contributed by atoms with Gasteiger partial charge in [-0.1, -0.05) is 42.5 Å². The van der Waals surface area contributed by atoms with E-state index in [-0.39, 0.29) is 6.10 Å². The summed E-state index contributed by atoms with van der Waals surface area (Å²) in [6.45, 7) is 6.50. The van der Waals surface area contributed by atoms with Gasteiger partial charge in [-0.05, 0) is 24.3 Å². The molecular weight excluding hydrogens is 384 g/mol. The third kappa shape index (κ3) is 4.49. The first kappa shape index (κ1) is 20.2. The van der Waals surface area contributed by atoms with E-state index in [2.05, 4.69) is 80.0 Å². The number of piperazine rings is 1. The summed E-state index contributed by atoms with van der Waals surface area (Å²) in [6.07, 6.45) is 2.47. The Bertz CT molecular complexity index is 1080. The fraction of sp³-hybridized carbons (Fsp3) is 0.346. The summed E-state index contributed by atoms with van der Waals surface area (Å²) in [4.78, 5) is 9.33. The molecule has 1 unspecified atom stereocenters. The Morgan fingerprint density at radius 3 is 2.00 bits per heavy atom. The first-order valence-electron chi connectivity index (χ1n) is 11.3. The van der Waals surface area contributed by atoms with E-state index in [0.717, 1.165) is 51.4 Å². The highest BCUT2D eigenvalue weighted by atomic mass is 16.3. The molecule has 31 heavy (non-hydrogen) atoms. The largest absolute Gasteiger partial charge is 0.390 e. The number of aromatic nitrogens is 2. The second-order valence-corrected chi connectivity index (χ2v) is 8.51. The Morgan fingerprint density at radius 2 is 1.35 bits per heavy atom. The van der Waals surface area contributed by atoms with Crippen LogP contribution in [0.15, 0.2) is 72.9 Å². The molecule has 5 rings (SSSR count). The quantitative estimate of drug-likeness (QED) is 0.503. The molecule has 1 aliphatic heterocycles. The van der Waals surface area contributed by atoms with E-state index in [9.17, 15) is 5.11 Å². The first-order chi connectivity index (χ1) is 15.3. The van der Waals surface area contributed by atoms with Gasteiger partial charge in [0, 0.05) is 79.4 Å². The zero-order valence-electron chi connectivity index (χ0n) is 17.9. The Labute approximate surface area is 183 Å². The summed E-state index contributed by atoms with van der Waals surface area (Å²) in [5.74, 6) is 0. The van der Waals surface area contributed by atoms with Gasteiger partial charge in [-0.3, -0.25) is 9.88 Å². The Kier molecular flexibility index (Phi) is 5.98. The molecule has 1 saturated heterocycles. The molecule has 160 valence electrons.